The number of ether oxygens (including phenoxy) is 1. The number of methoxy groups -OCH3 is 1. The molecule has 0 atom stereocenters. The predicted octanol–water partition coefficient (Wildman–Crippen LogP) is 2.81. The zero-order valence-electron chi connectivity index (χ0n) is 9.34. The highest BCUT2D eigenvalue weighted by Crippen LogP contribution is 2.33. The number of phenolic OH excluding ortho intramolecular Hbond substituents is 1. The summed E-state index contributed by atoms with van der Waals surface area (Å²) in [6, 6.07) is 11.0. The van der Waals surface area contributed by atoms with Gasteiger partial charge in [0.2, 0.25) is 0 Å². The number of thioether (sulfide) groups is 1. The Kier molecular flexibility index (Phi) is 3.54. The molecule has 4 heteroatoms. The number of fused-ring (bicyclic) bond motifs is 1. The summed E-state index contributed by atoms with van der Waals surface area (Å²) in [7, 11) is 1.37. The fraction of sp³-hybridized carbons (Fsp3) is 0.154. The number of benzene rings is 2. The van der Waals surface area contributed by atoms with Crippen LogP contribution in [-0.2, 0) is 9.53 Å². The molecule has 3 nitrogen and oxygen atoms in total. The van der Waals surface area contributed by atoms with Gasteiger partial charge in [-0.05, 0) is 17.5 Å². The Bertz CT molecular complexity index is 551. The van der Waals surface area contributed by atoms with E-state index in [9.17, 15) is 9.90 Å². The van der Waals surface area contributed by atoms with Crippen molar-refractivity contribution >= 4 is 28.5 Å². The van der Waals surface area contributed by atoms with Gasteiger partial charge in [0.05, 0.1) is 12.9 Å². The fourth-order valence-corrected chi connectivity index (χ4v) is 2.47. The second-order valence-electron chi connectivity index (χ2n) is 3.49. The molecule has 0 amide bonds. The van der Waals surface area contributed by atoms with Crippen molar-refractivity contribution in [2.75, 3.05) is 12.9 Å². The quantitative estimate of drug-likeness (QED) is 0.670. The average molecular weight is 248 g/mol. The minimum atomic E-state index is -0.257. The maximum atomic E-state index is 11.1. The van der Waals surface area contributed by atoms with Crippen molar-refractivity contribution < 1.29 is 14.6 Å². The molecule has 0 aliphatic heterocycles. The summed E-state index contributed by atoms with van der Waals surface area (Å²) in [5.74, 6) is 0.265. The molecule has 0 spiro atoms. The molecule has 2 rings (SSSR count). The van der Waals surface area contributed by atoms with Gasteiger partial charge in [0.1, 0.15) is 5.75 Å². The molecule has 0 saturated heterocycles. The predicted molar refractivity (Wildman–Crippen MR) is 68.4 cm³/mol. The van der Waals surface area contributed by atoms with Crippen molar-refractivity contribution in [3.8, 4) is 5.75 Å². The smallest absolute Gasteiger partial charge is 0.315 e. The third kappa shape index (κ3) is 2.53. The maximum absolute atomic E-state index is 11.1. The monoisotopic (exact) mass is 248 g/mol. The second kappa shape index (κ2) is 5.10. The first kappa shape index (κ1) is 11.8. The zero-order valence-corrected chi connectivity index (χ0v) is 10.2. The Hall–Kier alpha value is -1.68. The first-order chi connectivity index (χ1) is 8.22. The molecule has 0 saturated carbocycles. The topological polar surface area (TPSA) is 46.5 Å². The summed E-state index contributed by atoms with van der Waals surface area (Å²) in [6.45, 7) is 0. The van der Waals surface area contributed by atoms with E-state index in [-0.39, 0.29) is 17.5 Å². The summed E-state index contributed by atoms with van der Waals surface area (Å²) in [5.41, 5.74) is 0. The van der Waals surface area contributed by atoms with Gasteiger partial charge in [-0.3, -0.25) is 4.79 Å². The van der Waals surface area contributed by atoms with Crippen LogP contribution < -0.4 is 0 Å². The van der Waals surface area contributed by atoms with Gasteiger partial charge in [0.25, 0.3) is 0 Å². The van der Waals surface area contributed by atoms with E-state index in [4.69, 9.17) is 0 Å². The van der Waals surface area contributed by atoms with Crippen LogP contribution in [0.2, 0.25) is 0 Å². The molecule has 2 aromatic carbocycles. The molecule has 88 valence electrons. The van der Waals surface area contributed by atoms with Gasteiger partial charge >= 0.3 is 5.97 Å². The molecule has 0 aliphatic carbocycles. The van der Waals surface area contributed by atoms with Crippen molar-refractivity contribution in [2.24, 2.45) is 0 Å². The number of hydrogen-bond acceptors (Lipinski definition) is 4. The molecular weight excluding hydrogens is 236 g/mol. The van der Waals surface area contributed by atoms with Crippen LogP contribution in [0.4, 0.5) is 0 Å². The van der Waals surface area contributed by atoms with E-state index < -0.39 is 0 Å². The Morgan fingerprint density at radius 1 is 1.24 bits per heavy atom. The summed E-state index contributed by atoms with van der Waals surface area (Å²) in [5, 5.41) is 11.5. The lowest BCUT2D eigenvalue weighted by atomic mass is 10.1. The number of phenols is 1. The lowest BCUT2D eigenvalue weighted by Crippen LogP contribution is -2.02. The van der Waals surface area contributed by atoms with Gasteiger partial charge in [-0.15, -0.1) is 11.8 Å². The van der Waals surface area contributed by atoms with E-state index >= 15 is 0 Å². The van der Waals surface area contributed by atoms with Crippen LogP contribution in [0.25, 0.3) is 10.8 Å². The molecule has 0 aliphatic rings. The minimum Gasteiger partial charge on any atom is -0.507 e. The van der Waals surface area contributed by atoms with Gasteiger partial charge in [-0.25, -0.2) is 0 Å². The van der Waals surface area contributed by atoms with Crippen molar-refractivity contribution in [1.29, 1.82) is 0 Å². The second-order valence-corrected chi connectivity index (χ2v) is 4.51. The van der Waals surface area contributed by atoms with Crippen LogP contribution in [-0.4, -0.2) is 23.9 Å². The molecule has 1 N–H and O–H groups in total. The van der Waals surface area contributed by atoms with Crippen LogP contribution in [0.1, 0.15) is 0 Å². The first-order valence-electron chi connectivity index (χ1n) is 5.12. The van der Waals surface area contributed by atoms with Crippen molar-refractivity contribution in [1.82, 2.24) is 0 Å². The highest BCUT2D eigenvalue weighted by Gasteiger charge is 2.07. The zero-order chi connectivity index (χ0) is 12.3. The van der Waals surface area contributed by atoms with Crippen LogP contribution in [0, 0.1) is 0 Å². The molecule has 0 heterocycles. The molecule has 0 unspecified atom stereocenters. The average Bonchev–Trinajstić information content (AvgIpc) is 2.38. The van der Waals surface area contributed by atoms with Gasteiger partial charge in [0, 0.05) is 10.3 Å². The third-order valence-electron chi connectivity index (χ3n) is 2.43. The number of carbonyl (C=O) groups is 1. The van der Waals surface area contributed by atoms with Gasteiger partial charge < -0.3 is 9.84 Å². The lowest BCUT2D eigenvalue weighted by Gasteiger charge is -2.07. The van der Waals surface area contributed by atoms with E-state index in [2.05, 4.69) is 4.74 Å². The van der Waals surface area contributed by atoms with E-state index in [0.29, 0.717) is 0 Å². The number of rotatable bonds is 3. The maximum Gasteiger partial charge on any atom is 0.315 e. The summed E-state index contributed by atoms with van der Waals surface area (Å²) in [4.78, 5) is 12.1. The van der Waals surface area contributed by atoms with Crippen molar-refractivity contribution in [2.45, 2.75) is 4.90 Å². The number of esters is 1. The largest absolute Gasteiger partial charge is 0.507 e. The van der Waals surface area contributed by atoms with E-state index in [1.807, 2.05) is 30.3 Å². The first-order valence-corrected chi connectivity index (χ1v) is 6.11. The summed E-state index contributed by atoms with van der Waals surface area (Å²) < 4.78 is 4.60. The molecule has 0 bridgehead atoms. The Labute approximate surface area is 103 Å². The molecular formula is C13H12O3S. The van der Waals surface area contributed by atoms with Crippen LogP contribution in [0.3, 0.4) is 0 Å². The van der Waals surface area contributed by atoms with Crippen LogP contribution in [0.15, 0.2) is 41.3 Å². The van der Waals surface area contributed by atoms with E-state index in [1.165, 1.54) is 18.9 Å². The Morgan fingerprint density at radius 2 is 1.94 bits per heavy atom. The van der Waals surface area contributed by atoms with Gasteiger partial charge in [0.15, 0.2) is 0 Å². The number of aromatic hydroxyl groups is 1. The van der Waals surface area contributed by atoms with E-state index in [0.717, 1.165) is 15.7 Å². The van der Waals surface area contributed by atoms with Crippen molar-refractivity contribution in [3.05, 3.63) is 36.4 Å². The van der Waals surface area contributed by atoms with Crippen molar-refractivity contribution in [3.63, 3.8) is 0 Å². The highest BCUT2D eigenvalue weighted by atomic mass is 32.2. The van der Waals surface area contributed by atoms with Crippen LogP contribution >= 0.6 is 11.8 Å². The summed E-state index contributed by atoms with van der Waals surface area (Å²) >= 11 is 1.41. The minimum absolute atomic E-state index is 0.253. The Morgan fingerprint density at radius 3 is 2.65 bits per heavy atom. The summed E-state index contributed by atoms with van der Waals surface area (Å²) in [6.07, 6.45) is 0. The normalized spacial score (nSPS) is 10.4. The highest BCUT2D eigenvalue weighted by molar-refractivity contribution is 8.00. The number of hydrogen-bond donors (Lipinski definition) is 1. The molecule has 0 aromatic heterocycles. The molecule has 0 radical (unpaired) electrons. The standard InChI is InChI=1S/C13H12O3S/c1-16-13(15)8-17-12-7-6-11(14)9-4-2-3-5-10(9)12/h2-7,14H,8H2,1H3. The molecule has 17 heavy (non-hydrogen) atoms. The third-order valence-corrected chi connectivity index (χ3v) is 3.48. The van der Waals surface area contributed by atoms with Gasteiger partial charge in [-0.2, -0.15) is 0 Å². The van der Waals surface area contributed by atoms with Gasteiger partial charge in [-0.1, -0.05) is 24.3 Å². The number of carbonyl (C=O) groups excluding carboxylic acids is 1. The fourth-order valence-electron chi connectivity index (χ4n) is 1.58. The lowest BCUT2D eigenvalue weighted by molar-refractivity contribution is -0.137. The van der Waals surface area contributed by atoms with Crippen LogP contribution in [0.5, 0.6) is 5.75 Å². The Balaban J connectivity index is 2.35. The molecule has 0 fully saturated rings. The SMILES string of the molecule is COC(=O)CSc1ccc(O)c2ccccc12. The van der Waals surface area contributed by atoms with E-state index in [1.54, 1.807) is 6.07 Å². The molecule has 2 aromatic rings.